The number of hydrogen-bond donors (Lipinski definition) is 1. The lowest BCUT2D eigenvalue weighted by molar-refractivity contribution is 0.168. The van der Waals surface area contributed by atoms with Crippen LogP contribution in [0.2, 0.25) is 0 Å². The Balaban J connectivity index is 2.12. The summed E-state index contributed by atoms with van der Waals surface area (Å²) in [5.74, 6) is 0. The van der Waals surface area contributed by atoms with Crippen molar-refractivity contribution < 1.29 is 4.42 Å². The smallest absolute Gasteiger partial charge is 0.180 e. The Morgan fingerprint density at radius 2 is 2.54 bits per heavy atom. The lowest BCUT2D eigenvalue weighted by Crippen LogP contribution is -2.40. The van der Waals surface area contributed by atoms with Gasteiger partial charge in [0.15, 0.2) is 6.39 Å². The molecule has 2 rings (SSSR count). The average molecular weight is 181 g/mol. The van der Waals surface area contributed by atoms with Crippen LogP contribution < -0.4 is 5.73 Å². The second-order valence-electron chi connectivity index (χ2n) is 3.69. The molecule has 2 N–H and O–H groups in total. The fourth-order valence-corrected chi connectivity index (χ4v) is 1.84. The van der Waals surface area contributed by atoms with Crippen LogP contribution in [-0.4, -0.2) is 29.5 Å². The predicted octanol–water partition coefficient (Wildman–Crippen LogP) is 0.769. The van der Waals surface area contributed by atoms with Crippen LogP contribution in [0.25, 0.3) is 0 Å². The zero-order chi connectivity index (χ0) is 9.26. The summed E-state index contributed by atoms with van der Waals surface area (Å²) < 4.78 is 4.97. The summed E-state index contributed by atoms with van der Waals surface area (Å²) in [6, 6.07) is 0.639. The van der Waals surface area contributed by atoms with E-state index >= 15 is 0 Å². The fourth-order valence-electron chi connectivity index (χ4n) is 1.84. The van der Waals surface area contributed by atoms with Crippen LogP contribution in [0.5, 0.6) is 0 Å². The number of piperidine rings is 1. The first-order valence-corrected chi connectivity index (χ1v) is 4.61. The largest absolute Gasteiger partial charge is 0.451 e. The van der Waals surface area contributed by atoms with Crippen LogP contribution in [0, 0.1) is 0 Å². The second-order valence-corrected chi connectivity index (χ2v) is 3.69. The molecule has 2 unspecified atom stereocenters. The van der Waals surface area contributed by atoms with Crippen LogP contribution >= 0.6 is 0 Å². The van der Waals surface area contributed by atoms with E-state index < -0.39 is 0 Å². The van der Waals surface area contributed by atoms with E-state index in [0.29, 0.717) is 12.1 Å². The first-order valence-electron chi connectivity index (χ1n) is 4.61. The Bertz CT molecular complexity index is 260. The van der Waals surface area contributed by atoms with Gasteiger partial charge in [-0.15, -0.1) is 0 Å². The molecule has 0 radical (unpaired) electrons. The Morgan fingerprint density at radius 3 is 3.23 bits per heavy atom. The summed E-state index contributed by atoms with van der Waals surface area (Å²) in [6.07, 6.45) is 5.23. The zero-order valence-electron chi connectivity index (χ0n) is 7.81. The molecule has 2 atom stereocenters. The summed E-state index contributed by atoms with van der Waals surface area (Å²) in [5.41, 5.74) is 6.91. The van der Waals surface area contributed by atoms with E-state index in [0.717, 1.165) is 25.1 Å². The van der Waals surface area contributed by atoms with Gasteiger partial charge in [-0.3, -0.25) is 4.90 Å². The number of oxazole rings is 1. The molecular weight excluding hydrogens is 166 g/mol. The second kappa shape index (κ2) is 3.47. The van der Waals surface area contributed by atoms with Crippen molar-refractivity contribution in [2.45, 2.75) is 24.9 Å². The van der Waals surface area contributed by atoms with Crippen molar-refractivity contribution in [1.29, 1.82) is 0 Å². The van der Waals surface area contributed by atoms with Gasteiger partial charge >= 0.3 is 0 Å². The van der Waals surface area contributed by atoms with Crippen molar-refractivity contribution in [3.63, 3.8) is 0 Å². The molecule has 4 nitrogen and oxygen atoms in total. The Morgan fingerprint density at radius 1 is 1.69 bits per heavy atom. The van der Waals surface area contributed by atoms with Crippen molar-refractivity contribution >= 4 is 0 Å². The quantitative estimate of drug-likeness (QED) is 0.695. The number of nitrogens with two attached hydrogens (primary N) is 1. The first kappa shape index (κ1) is 8.72. The van der Waals surface area contributed by atoms with Gasteiger partial charge in [-0.05, 0) is 26.4 Å². The monoisotopic (exact) mass is 181 g/mol. The number of rotatable bonds is 1. The van der Waals surface area contributed by atoms with Gasteiger partial charge in [0.05, 0.1) is 11.7 Å². The topological polar surface area (TPSA) is 55.3 Å². The minimum atomic E-state index is 0.304. The minimum Gasteiger partial charge on any atom is -0.451 e. The van der Waals surface area contributed by atoms with E-state index in [4.69, 9.17) is 10.2 Å². The molecule has 0 aliphatic carbocycles. The van der Waals surface area contributed by atoms with Gasteiger partial charge in [0.2, 0.25) is 0 Å². The molecule has 13 heavy (non-hydrogen) atoms. The maximum atomic E-state index is 5.91. The lowest BCUT2D eigenvalue weighted by Gasteiger charge is -2.34. The van der Waals surface area contributed by atoms with Gasteiger partial charge in [-0.25, -0.2) is 4.98 Å². The molecule has 0 saturated carbocycles. The van der Waals surface area contributed by atoms with E-state index in [1.807, 2.05) is 0 Å². The van der Waals surface area contributed by atoms with Crippen LogP contribution in [0.3, 0.4) is 0 Å². The summed E-state index contributed by atoms with van der Waals surface area (Å²) in [6.45, 7) is 1.04. The molecule has 2 heterocycles. The van der Waals surface area contributed by atoms with E-state index in [2.05, 4.69) is 16.9 Å². The summed E-state index contributed by atoms with van der Waals surface area (Å²) in [5, 5.41) is 0. The molecule has 1 aromatic rings. The first-order chi connectivity index (χ1) is 6.27. The standard InChI is InChI=1S/C9H15N3O/c1-12-3-2-7(10)4-9(12)8-5-13-6-11-8/h5-7,9H,2-4,10H2,1H3. The zero-order valence-corrected chi connectivity index (χ0v) is 7.81. The number of aromatic nitrogens is 1. The molecular formula is C9H15N3O. The van der Waals surface area contributed by atoms with Gasteiger partial charge in [0, 0.05) is 6.04 Å². The Kier molecular flexibility index (Phi) is 2.33. The molecule has 72 valence electrons. The third kappa shape index (κ3) is 1.73. The minimum absolute atomic E-state index is 0.304. The summed E-state index contributed by atoms with van der Waals surface area (Å²) in [7, 11) is 2.10. The van der Waals surface area contributed by atoms with Gasteiger partial charge < -0.3 is 10.2 Å². The van der Waals surface area contributed by atoms with Gasteiger partial charge in [-0.1, -0.05) is 0 Å². The number of likely N-dealkylation sites (tertiary alicyclic amines) is 1. The average Bonchev–Trinajstić information content (AvgIpc) is 2.61. The molecule has 0 bridgehead atoms. The van der Waals surface area contributed by atoms with Crippen LogP contribution in [0.1, 0.15) is 24.6 Å². The summed E-state index contributed by atoms with van der Waals surface area (Å²) in [4.78, 5) is 6.44. The van der Waals surface area contributed by atoms with Gasteiger partial charge in [0.1, 0.15) is 6.26 Å². The predicted molar refractivity (Wildman–Crippen MR) is 49.1 cm³/mol. The van der Waals surface area contributed by atoms with E-state index in [1.54, 1.807) is 6.26 Å². The Hall–Kier alpha value is -0.870. The third-order valence-electron chi connectivity index (χ3n) is 2.70. The van der Waals surface area contributed by atoms with Gasteiger partial charge in [0.25, 0.3) is 0 Å². The highest BCUT2D eigenvalue weighted by molar-refractivity contribution is 5.03. The molecule has 1 saturated heterocycles. The molecule has 1 aromatic heterocycles. The van der Waals surface area contributed by atoms with Crippen molar-refractivity contribution in [3.8, 4) is 0 Å². The molecule has 1 aliphatic heterocycles. The maximum absolute atomic E-state index is 5.91. The molecule has 1 fully saturated rings. The molecule has 1 aliphatic rings. The molecule has 0 spiro atoms. The SMILES string of the molecule is CN1CCC(N)CC1c1cocn1. The van der Waals surface area contributed by atoms with Crippen molar-refractivity contribution in [2.24, 2.45) is 5.73 Å². The van der Waals surface area contributed by atoms with Crippen molar-refractivity contribution in [1.82, 2.24) is 9.88 Å². The number of nitrogens with zero attached hydrogens (tertiary/aromatic N) is 2. The maximum Gasteiger partial charge on any atom is 0.180 e. The molecule has 4 heteroatoms. The van der Waals surface area contributed by atoms with Crippen molar-refractivity contribution in [3.05, 3.63) is 18.4 Å². The van der Waals surface area contributed by atoms with Gasteiger partial charge in [-0.2, -0.15) is 0 Å². The number of hydrogen-bond acceptors (Lipinski definition) is 4. The van der Waals surface area contributed by atoms with Crippen LogP contribution in [-0.2, 0) is 0 Å². The van der Waals surface area contributed by atoms with E-state index in [-0.39, 0.29) is 0 Å². The Labute approximate surface area is 77.7 Å². The lowest BCUT2D eigenvalue weighted by atomic mass is 9.97. The van der Waals surface area contributed by atoms with E-state index in [9.17, 15) is 0 Å². The van der Waals surface area contributed by atoms with Crippen LogP contribution in [0.4, 0.5) is 0 Å². The van der Waals surface area contributed by atoms with E-state index in [1.165, 1.54) is 6.39 Å². The highest BCUT2D eigenvalue weighted by atomic mass is 16.3. The highest BCUT2D eigenvalue weighted by Gasteiger charge is 2.26. The summed E-state index contributed by atoms with van der Waals surface area (Å²) >= 11 is 0. The normalized spacial score (nSPS) is 30.6. The van der Waals surface area contributed by atoms with Crippen LogP contribution in [0.15, 0.2) is 17.1 Å². The molecule has 0 aromatic carbocycles. The fraction of sp³-hybridized carbons (Fsp3) is 0.667. The van der Waals surface area contributed by atoms with Crippen molar-refractivity contribution in [2.75, 3.05) is 13.6 Å². The highest BCUT2D eigenvalue weighted by Crippen LogP contribution is 2.27. The third-order valence-corrected chi connectivity index (χ3v) is 2.70. The molecule has 0 amide bonds.